The van der Waals surface area contributed by atoms with Crippen molar-refractivity contribution in [2.24, 2.45) is 12.0 Å². The second-order valence-corrected chi connectivity index (χ2v) is 6.62. The number of hydrogen-bond donors (Lipinski definition) is 2. The van der Waals surface area contributed by atoms with Gasteiger partial charge in [0.1, 0.15) is 0 Å². The smallest absolute Gasteiger partial charge is 0.191 e. The zero-order valence-corrected chi connectivity index (χ0v) is 17.4. The predicted octanol–water partition coefficient (Wildman–Crippen LogP) is 2.87. The fourth-order valence-electron chi connectivity index (χ4n) is 3.36. The molecule has 0 bridgehead atoms. The topological polar surface area (TPSA) is 54.2 Å². The van der Waals surface area contributed by atoms with Gasteiger partial charge in [-0.2, -0.15) is 5.10 Å². The van der Waals surface area contributed by atoms with E-state index in [2.05, 4.69) is 57.3 Å². The molecular weight excluding hydrogens is 425 g/mol. The van der Waals surface area contributed by atoms with Crippen molar-refractivity contribution in [1.29, 1.82) is 0 Å². The fourth-order valence-corrected chi connectivity index (χ4v) is 3.36. The molecule has 0 saturated heterocycles. The van der Waals surface area contributed by atoms with Crippen molar-refractivity contribution < 1.29 is 0 Å². The first-order valence-electron chi connectivity index (χ1n) is 8.69. The van der Waals surface area contributed by atoms with Gasteiger partial charge < -0.3 is 10.6 Å². The van der Waals surface area contributed by atoms with Crippen LogP contribution in [0, 0.1) is 0 Å². The van der Waals surface area contributed by atoms with E-state index in [1.165, 1.54) is 30.4 Å². The molecule has 1 aliphatic carbocycles. The highest BCUT2D eigenvalue weighted by molar-refractivity contribution is 14.0. The van der Waals surface area contributed by atoms with Gasteiger partial charge in [0.15, 0.2) is 5.96 Å². The highest BCUT2D eigenvalue weighted by Gasteiger charge is 2.38. The monoisotopic (exact) mass is 453 g/mol. The molecule has 2 N–H and O–H groups in total. The summed E-state index contributed by atoms with van der Waals surface area (Å²) in [4.78, 5) is 4.35. The summed E-state index contributed by atoms with van der Waals surface area (Å²) in [7, 11) is 3.77. The molecule has 0 amide bonds. The minimum atomic E-state index is 0. The van der Waals surface area contributed by atoms with Gasteiger partial charge in [0.25, 0.3) is 0 Å². The number of nitrogens with one attached hydrogen (secondary N) is 2. The number of rotatable bonds is 6. The van der Waals surface area contributed by atoms with Crippen LogP contribution in [0.4, 0.5) is 0 Å². The molecule has 2 aromatic rings. The summed E-state index contributed by atoms with van der Waals surface area (Å²) in [5.74, 6) is 0.876. The lowest BCUT2D eigenvalue weighted by Crippen LogP contribution is -2.49. The molecule has 5 nitrogen and oxygen atoms in total. The molecule has 0 spiro atoms. The molecule has 0 radical (unpaired) electrons. The molecule has 6 heteroatoms. The lowest BCUT2D eigenvalue weighted by atomic mass is 9.64. The van der Waals surface area contributed by atoms with Crippen LogP contribution in [0.5, 0.6) is 0 Å². The first kappa shape index (κ1) is 19.8. The van der Waals surface area contributed by atoms with Gasteiger partial charge in [-0.05, 0) is 30.4 Å². The first-order valence-corrected chi connectivity index (χ1v) is 8.69. The van der Waals surface area contributed by atoms with Gasteiger partial charge in [0.05, 0.1) is 6.20 Å². The third kappa shape index (κ3) is 4.96. The van der Waals surface area contributed by atoms with Gasteiger partial charge in [0.2, 0.25) is 0 Å². The Hall–Kier alpha value is -1.57. The normalized spacial score (nSPS) is 15.8. The van der Waals surface area contributed by atoms with Crippen molar-refractivity contribution in [3.8, 4) is 0 Å². The number of aromatic nitrogens is 2. The number of benzene rings is 1. The van der Waals surface area contributed by atoms with E-state index in [0.717, 1.165) is 25.5 Å². The predicted molar refractivity (Wildman–Crippen MR) is 114 cm³/mol. The summed E-state index contributed by atoms with van der Waals surface area (Å²) < 4.78 is 1.84. The lowest BCUT2D eigenvalue weighted by molar-refractivity contribution is 0.244. The van der Waals surface area contributed by atoms with Crippen LogP contribution in [0.3, 0.4) is 0 Å². The third-order valence-electron chi connectivity index (χ3n) is 4.98. The number of guanidine groups is 1. The number of halogens is 1. The standard InChI is InChI=1S/C19H27N5.HI/c1-20-18(21-12-9-16-13-23-24(2)14-16)22-15-19(10-6-11-19)17-7-4-3-5-8-17;/h3-5,7-8,13-14H,6,9-12,15H2,1-2H3,(H2,20,21,22);1H. The molecule has 1 saturated carbocycles. The van der Waals surface area contributed by atoms with E-state index in [1.807, 2.05) is 25.0 Å². The van der Waals surface area contributed by atoms with Gasteiger partial charge in [0, 0.05) is 38.8 Å². The zero-order valence-electron chi connectivity index (χ0n) is 15.0. The molecule has 25 heavy (non-hydrogen) atoms. The molecule has 1 fully saturated rings. The Labute approximate surface area is 167 Å². The minimum absolute atomic E-state index is 0. The maximum absolute atomic E-state index is 4.35. The van der Waals surface area contributed by atoms with Crippen LogP contribution in [0.25, 0.3) is 0 Å². The Morgan fingerprint density at radius 2 is 2.00 bits per heavy atom. The maximum atomic E-state index is 4.35. The molecule has 1 aromatic carbocycles. The van der Waals surface area contributed by atoms with E-state index in [-0.39, 0.29) is 29.4 Å². The van der Waals surface area contributed by atoms with Gasteiger partial charge in [-0.1, -0.05) is 36.8 Å². The number of hydrogen-bond acceptors (Lipinski definition) is 2. The molecule has 0 unspecified atom stereocenters. The fraction of sp³-hybridized carbons (Fsp3) is 0.474. The van der Waals surface area contributed by atoms with Crippen molar-refractivity contribution in [3.63, 3.8) is 0 Å². The summed E-state index contributed by atoms with van der Waals surface area (Å²) >= 11 is 0. The van der Waals surface area contributed by atoms with E-state index in [1.54, 1.807) is 0 Å². The summed E-state index contributed by atoms with van der Waals surface area (Å²) in [6.45, 7) is 1.79. The van der Waals surface area contributed by atoms with Crippen LogP contribution in [0.1, 0.15) is 30.4 Å². The molecule has 0 atom stereocenters. The van der Waals surface area contributed by atoms with Crippen molar-refractivity contribution >= 4 is 29.9 Å². The van der Waals surface area contributed by atoms with Crippen molar-refractivity contribution in [2.45, 2.75) is 31.1 Å². The summed E-state index contributed by atoms with van der Waals surface area (Å²) in [6.07, 6.45) is 8.71. The van der Waals surface area contributed by atoms with Crippen LogP contribution in [-0.2, 0) is 18.9 Å². The zero-order chi connectivity index (χ0) is 16.8. The van der Waals surface area contributed by atoms with Crippen molar-refractivity contribution in [3.05, 3.63) is 53.9 Å². The highest BCUT2D eigenvalue weighted by atomic mass is 127. The first-order chi connectivity index (χ1) is 11.7. The number of nitrogens with zero attached hydrogens (tertiary/aromatic N) is 3. The van der Waals surface area contributed by atoms with Crippen molar-refractivity contribution in [1.82, 2.24) is 20.4 Å². The summed E-state index contributed by atoms with van der Waals surface area (Å²) in [5.41, 5.74) is 2.94. The van der Waals surface area contributed by atoms with Crippen LogP contribution in [0.15, 0.2) is 47.7 Å². The second-order valence-electron chi connectivity index (χ2n) is 6.62. The average molecular weight is 453 g/mol. The van der Waals surface area contributed by atoms with Gasteiger partial charge >= 0.3 is 0 Å². The molecule has 1 heterocycles. The van der Waals surface area contributed by atoms with Crippen LogP contribution >= 0.6 is 24.0 Å². The SMILES string of the molecule is CN=C(NCCc1cnn(C)c1)NCC1(c2ccccc2)CCC1.I. The van der Waals surface area contributed by atoms with E-state index in [9.17, 15) is 0 Å². The average Bonchev–Trinajstić information content (AvgIpc) is 2.98. The molecule has 1 aromatic heterocycles. The van der Waals surface area contributed by atoms with Crippen LogP contribution < -0.4 is 10.6 Å². The van der Waals surface area contributed by atoms with E-state index < -0.39 is 0 Å². The molecule has 3 rings (SSSR count). The van der Waals surface area contributed by atoms with Crippen LogP contribution in [0.2, 0.25) is 0 Å². The summed E-state index contributed by atoms with van der Waals surface area (Å²) in [5, 5.41) is 11.1. The Morgan fingerprint density at radius 3 is 2.56 bits per heavy atom. The Morgan fingerprint density at radius 1 is 1.24 bits per heavy atom. The van der Waals surface area contributed by atoms with E-state index in [0.29, 0.717) is 0 Å². The Bertz CT molecular complexity index is 676. The maximum Gasteiger partial charge on any atom is 0.191 e. The lowest BCUT2D eigenvalue weighted by Gasteiger charge is -2.43. The minimum Gasteiger partial charge on any atom is -0.356 e. The molecule has 136 valence electrons. The Balaban J connectivity index is 0.00000225. The van der Waals surface area contributed by atoms with E-state index >= 15 is 0 Å². The number of aliphatic imine (C=N–C) groups is 1. The molecule has 1 aliphatic rings. The molecule has 0 aliphatic heterocycles. The third-order valence-corrected chi connectivity index (χ3v) is 4.98. The van der Waals surface area contributed by atoms with Gasteiger partial charge in [-0.3, -0.25) is 9.67 Å². The largest absolute Gasteiger partial charge is 0.356 e. The van der Waals surface area contributed by atoms with Crippen molar-refractivity contribution in [2.75, 3.05) is 20.1 Å². The summed E-state index contributed by atoms with van der Waals surface area (Å²) in [6, 6.07) is 10.9. The molecular formula is C19H28IN5. The second kappa shape index (κ2) is 9.22. The van der Waals surface area contributed by atoms with E-state index in [4.69, 9.17) is 0 Å². The Kier molecular flexibility index (Phi) is 7.28. The van der Waals surface area contributed by atoms with Crippen LogP contribution in [-0.4, -0.2) is 35.9 Å². The number of aryl methyl sites for hydroxylation is 1. The van der Waals surface area contributed by atoms with Gasteiger partial charge in [-0.15, -0.1) is 24.0 Å². The highest BCUT2D eigenvalue weighted by Crippen LogP contribution is 2.43. The quantitative estimate of drug-likeness (QED) is 0.402. The van der Waals surface area contributed by atoms with Gasteiger partial charge in [-0.25, -0.2) is 0 Å².